The van der Waals surface area contributed by atoms with Crippen molar-refractivity contribution in [2.45, 2.75) is 66.5 Å². The molecule has 0 atom stereocenters. The Hall–Kier alpha value is -0.340. The highest BCUT2D eigenvalue weighted by Crippen LogP contribution is 2.31. The van der Waals surface area contributed by atoms with Crippen molar-refractivity contribution < 1.29 is 0 Å². The van der Waals surface area contributed by atoms with Gasteiger partial charge in [-0.2, -0.15) is 0 Å². The molecule has 1 heterocycles. The molecule has 98 valence electrons. The summed E-state index contributed by atoms with van der Waals surface area (Å²) in [5.41, 5.74) is 3.12. The third-order valence-corrected chi connectivity index (χ3v) is 4.22. The maximum absolute atomic E-state index is 3.53. The minimum Gasteiger partial charge on any atom is -0.310 e. The SMILES string of the molecule is CC(C)Cc1c(CNC(C)C)csc1C(C)C. The number of hydrogen-bond donors (Lipinski definition) is 1. The molecule has 0 aromatic carbocycles. The largest absolute Gasteiger partial charge is 0.310 e. The van der Waals surface area contributed by atoms with Gasteiger partial charge in [0, 0.05) is 17.5 Å². The van der Waals surface area contributed by atoms with Gasteiger partial charge < -0.3 is 5.32 Å². The van der Waals surface area contributed by atoms with Crippen molar-refractivity contribution >= 4 is 11.3 Å². The molecule has 0 amide bonds. The molecule has 0 fully saturated rings. The normalized spacial score (nSPS) is 12.1. The van der Waals surface area contributed by atoms with Gasteiger partial charge in [-0.1, -0.05) is 41.5 Å². The molecular formula is C15H27NS. The second-order valence-electron chi connectivity index (χ2n) is 5.89. The van der Waals surface area contributed by atoms with Crippen molar-refractivity contribution in [3.63, 3.8) is 0 Å². The third kappa shape index (κ3) is 4.44. The molecule has 1 aromatic heterocycles. The third-order valence-electron chi connectivity index (χ3n) is 2.85. The Labute approximate surface area is 111 Å². The summed E-state index contributed by atoms with van der Waals surface area (Å²) in [7, 11) is 0. The van der Waals surface area contributed by atoms with Crippen LogP contribution in [0.1, 0.15) is 63.5 Å². The van der Waals surface area contributed by atoms with Crippen LogP contribution in [0.25, 0.3) is 0 Å². The minimum atomic E-state index is 0.560. The molecule has 0 aliphatic carbocycles. The van der Waals surface area contributed by atoms with Crippen molar-refractivity contribution in [3.8, 4) is 0 Å². The Morgan fingerprint density at radius 1 is 1.12 bits per heavy atom. The lowest BCUT2D eigenvalue weighted by Gasteiger charge is -2.14. The molecule has 0 saturated carbocycles. The topological polar surface area (TPSA) is 12.0 Å². The first-order valence-electron chi connectivity index (χ1n) is 6.74. The summed E-state index contributed by atoms with van der Waals surface area (Å²) in [6.45, 7) is 14.6. The minimum absolute atomic E-state index is 0.560. The zero-order chi connectivity index (χ0) is 13.0. The summed E-state index contributed by atoms with van der Waals surface area (Å²) in [5.74, 6) is 1.39. The van der Waals surface area contributed by atoms with Crippen LogP contribution in [0.15, 0.2) is 5.38 Å². The fourth-order valence-corrected chi connectivity index (χ4v) is 3.15. The highest BCUT2D eigenvalue weighted by molar-refractivity contribution is 7.10. The molecule has 1 nitrogen and oxygen atoms in total. The van der Waals surface area contributed by atoms with Crippen LogP contribution in [0.3, 0.4) is 0 Å². The van der Waals surface area contributed by atoms with Crippen LogP contribution < -0.4 is 5.32 Å². The van der Waals surface area contributed by atoms with E-state index in [0.717, 1.165) is 12.5 Å². The van der Waals surface area contributed by atoms with E-state index in [4.69, 9.17) is 0 Å². The van der Waals surface area contributed by atoms with Gasteiger partial charge in [0.05, 0.1) is 0 Å². The van der Waals surface area contributed by atoms with Crippen LogP contribution in [0, 0.1) is 5.92 Å². The standard InChI is InChI=1S/C15H27NS/c1-10(2)7-14-13(8-16-12(5)6)9-17-15(14)11(3)4/h9-12,16H,7-8H2,1-6H3. The zero-order valence-electron chi connectivity index (χ0n) is 12.1. The first-order chi connectivity index (χ1) is 7.91. The lowest BCUT2D eigenvalue weighted by Crippen LogP contribution is -2.22. The summed E-state index contributed by atoms with van der Waals surface area (Å²) in [5, 5.41) is 5.88. The molecule has 0 spiro atoms. The number of thiophene rings is 1. The van der Waals surface area contributed by atoms with Gasteiger partial charge >= 0.3 is 0 Å². The summed E-state index contributed by atoms with van der Waals surface area (Å²) in [4.78, 5) is 1.58. The monoisotopic (exact) mass is 253 g/mol. The molecular weight excluding hydrogens is 226 g/mol. The predicted octanol–water partition coefficient (Wildman–Crippen LogP) is 4.57. The first kappa shape index (κ1) is 14.7. The molecule has 1 rings (SSSR count). The van der Waals surface area contributed by atoms with Gasteiger partial charge in [-0.15, -0.1) is 11.3 Å². The summed E-state index contributed by atoms with van der Waals surface area (Å²) >= 11 is 1.94. The van der Waals surface area contributed by atoms with Crippen LogP contribution in [0.4, 0.5) is 0 Å². The molecule has 0 aliphatic rings. The molecule has 0 saturated heterocycles. The van der Waals surface area contributed by atoms with E-state index in [1.54, 1.807) is 10.4 Å². The van der Waals surface area contributed by atoms with E-state index in [0.29, 0.717) is 12.0 Å². The van der Waals surface area contributed by atoms with Crippen molar-refractivity contribution in [1.29, 1.82) is 0 Å². The van der Waals surface area contributed by atoms with E-state index in [2.05, 4.69) is 52.2 Å². The van der Waals surface area contributed by atoms with Crippen molar-refractivity contribution in [2.75, 3.05) is 0 Å². The zero-order valence-corrected chi connectivity index (χ0v) is 12.9. The van der Waals surface area contributed by atoms with Crippen LogP contribution >= 0.6 is 11.3 Å². The van der Waals surface area contributed by atoms with E-state index in [1.807, 2.05) is 11.3 Å². The number of nitrogens with one attached hydrogen (secondary N) is 1. The number of hydrogen-bond acceptors (Lipinski definition) is 2. The second kappa shape index (κ2) is 6.55. The fourth-order valence-electron chi connectivity index (χ4n) is 2.02. The molecule has 1 aromatic rings. The average Bonchev–Trinajstić information content (AvgIpc) is 2.57. The van der Waals surface area contributed by atoms with Crippen molar-refractivity contribution in [3.05, 3.63) is 21.4 Å². The van der Waals surface area contributed by atoms with Crippen molar-refractivity contribution in [1.82, 2.24) is 5.32 Å². The van der Waals surface area contributed by atoms with Gasteiger partial charge in [0.2, 0.25) is 0 Å². The lowest BCUT2D eigenvalue weighted by atomic mass is 9.96. The summed E-state index contributed by atoms with van der Waals surface area (Å²) in [6.07, 6.45) is 1.21. The van der Waals surface area contributed by atoms with Gasteiger partial charge in [-0.25, -0.2) is 0 Å². The molecule has 1 N–H and O–H groups in total. The Bertz CT molecular complexity index is 337. The Balaban J connectivity index is 2.88. The van der Waals surface area contributed by atoms with E-state index < -0.39 is 0 Å². The summed E-state index contributed by atoms with van der Waals surface area (Å²) < 4.78 is 0. The smallest absolute Gasteiger partial charge is 0.0218 e. The van der Waals surface area contributed by atoms with E-state index in [-0.39, 0.29) is 0 Å². The maximum atomic E-state index is 3.53. The van der Waals surface area contributed by atoms with E-state index in [1.165, 1.54) is 12.0 Å². The fraction of sp³-hybridized carbons (Fsp3) is 0.733. The highest BCUT2D eigenvalue weighted by Gasteiger charge is 2.15. The van der Waals surface area contributed by atoms with Gasteiger partial charge in [0.25, 0.3) is 0 Å². The molecule has 2 heteroatoms. The van der Waals surface area contributed by atoms with Crippen molar-refractivity contribution in [2.24, 2.45) is 5.92 Å². The van der Waals surface area contributed by atoms with E-state index in [9.17, 15) is 0 Å². The average molecular weight is 253 g/mol. The molecule has 17 heavy (non-hydrogen) atoms. The lowest BCUT2D eigenvalue weighted by molar-refractivity contribution is 0.579. The maximum Gasteiger partial charge on any atom is 0.0218 e. The van der Waals surface area contributed by atoms with Crippen LogP contribution in [0.5, 0.6) is 0 Å². The van der Waals surface area contributed by atoms with E-state index >= 15 is 0 Å². The second-order valence-corrected chi connectivity index (χ2v) is 6.80. The Morgan fingerprint density at radius 3 is 2.24 bits per heavy atom. The molecule has 0 radical (unpaired) electrons. The number of rotatable bonds is 6. The van der Waals surface area contributed by atoms with Crippen LogP contribution in [-0.4, -0.2) is 6.04 Å². The molecule has 0 bridgehead atoms. The predicted molar refractivity (Wildman–Crippen MR) is 78.9 cm³/mol. The van der Waals surface area contributed by atoms with Gasteiger partial charge in [0.1, 0.15) is 0 Å². The highest BCUT2D eigenvalue weighted by atomic mass is 32.1. The molecule has 0 unspecified atom stereocenters. The van der Waals surface area contributed by atoms with Crippen LogP contribution in [-0.2, 0) is 13.0 Å². The van der Waals surface area contributed by atoms with Gasteiger partial charge in [0.15, 0.2) is 0 Å². The molecule has 0 aliphatic heterocycles. The Kier molecular flexibility index (Phi) is 5.68. The van der Waals surface area contributed by atoms with Gasteiger partial charge in [-0.3, -0.25) is 0 Å². The van der Waals surface area contributed by atoms with Gasteiger partial charge in [-0.05, 0) is 34.8 Å². The summed E-state index contributed by atoms with van der Waals surface area (Å²) in [6, 6.07) is 0.560. The Morgan fingerprint density at radius 2 is 1.76 bits per heavy atom. The first-order valence-corrected chi connectivity index (χ1v) is 7.62. The van der Waals surface area contributed by atoms with Crippen LogP contribution in [0.2, 0.25) is 0 Å². The quantitative estimate of drug-likeness (QED) is 0.783.